The minimum Gasteiger partial charge on any atom is -0.457 e. The van der Waals surface area contributed by atoms with Crippen LogP contribution in [0.5, 0.6) is 0 Å². The molecule has 1 aromatic heterocycles. The van der Waals surface area contributed by atoms with E-state index in [1.54, 1.807) is 18.2 Å². The van der Waals surface area contributed by atoms with Crippen molar-refractivity contribution in [3.8, 4) is 0 Å². The molecule has 0 radical (unpaired) electrons. The lowest BCUT2D eigenvalue weighted by Gasteiger charge is -2.48. The number of amides is 4. The summed E-state index contributed by atoms with van der Waals surface area (Å²) >= 11 is 0. The van der Waals surface area contributed by atoms with Gasteiger partial charge in [-0.3, -0.25) is 24.1 Å². The smallest absolute Gasteiger partial charge is 0.332 e. The number of rotatable bonds is 20. The number of para-hydroxylation sites is 1. The Hall–Kier alpha value is -4.96. The van der Waals surface area contributed by atoms with Crippen molar-refractivity contribution in [3.63, 3.8) is 0 Å². The summed E-state index contributed by atoms with van der Waals surface area (Å²) in [6.07, 6.45) is 3.61. The SMILES string of the molecule is CC(C)(C)NC(=O)[C@@H]1[C@@H]2CCCC[C@@H]2CCN1C[C@@H](OC(=O)COCCOCCO)[C@H](Cc1ccccc1)NC(=O)[C@H](CC(N)=O)NC(=O)c1ccc2ccccc2n1. The number of carbonyl (C=O) groups excluding carboxylic acids is 5. The van der Waals surface area contributed by atoms with E-state index in [4.69, 9.17) is 25.1 Å². The second-order valence-electron chi connectivity index (χ2n) is 16.5. The highest BCUT2D eigenvalue weighted by Crippen LogP contribution is 2.40. The molecule has 2 aromatic carbocycles. The number of hydrogen-bond acceptors (Lipinski definition) is 11. The van der Waals surface area contributed by atoms with Crippen LogP contribution in [-0.4, -0.2) is 120 Å². The number of hydrogen-bond donors (Lipinski definition) is 5. The van der Waals surface area contributed by atoms with Gasteiger partial charge in [-0.2, -0.15) is 0 Å². The monoisotopic (exact) mass is 816 g/mol. The van der Waals surface area contributed by atoms with Crippen molar-refractivity contribution >= 4 is 40.5 Å². The summed E-state index contributed by atoms with van der Waals surface area (Å²) in [6, 6.07) is 17.1. The number of esters is 1. The van der Waals surface area contributed by atoms with Gasteiger partial charge in [0.2, 0.25) is 17.7 Å². The van der Waals surface area contributed by atoms with E-state index in [0.717, 1.165) is 43.1 Å². The minimum atomic E-state index is -1.39. The van der Waals surface area contributed by atoms with Gasteiger partial charge in [-0.15, -0.1) is 0 Å². The van der Waals surface area contributed by atoms with E-state index in [2.05, 4.69) is 25.8 Å². The fourth-order valence-corrected chi connectivity index (χ4v) is 8.14. The highest BCUT2D eigenvalue weighted by molar-refractivity contribution is 5.99. The number of ether oxygens (including phenoxy) is 3. The molecule has 2 heterocycles. The summed E-state index contributed by atoms with van der Waals surface area (Å²) in [6.45, 7) is 6.31. The van der Waals surface area contributed by atoms with Gasteiger partial charge in [-0.1, -0.05) is 73.9 Å². The Kier molecular flexibility index (Phi) is 16.7. The molecular weight excluding hydrogens is 757 g/mol. The number of likely N-dealkylation sites (tertiary alicyclic amines) is 1. The first-order valence-electron chi connectivity index (χ1n) is 20.6. The van der Waals surface area contributed by atoms with Crippen LogP contribution in [-0.2, 0) is 39.8 Å². The fourth-order valence-electron chi connectivity index (χ4n) is 8.14. The number of aliphatic hydroxyl groups is 1. The van der Waals surface area contributed by atoms with Crippen LogP contribution in [0.25, 0.3) is 10.9 Å². The van der Waals surface area contributed by atoms with Gasteiger partial charge in [0.15, 0.2) is 0 Å². The third kappa shape index (κ3) is 13.8. The van der Waals surface area contributed by atoms with Crippen molar-refractivity contribution in [2.24, 2.45) is 17.6 Å². The molecule has 59 heavy (non-hydrogen) atoms. The number of nitrogens with one attached hydrogen (secondary N) is 3. The summed E-state index contributed by atoms with van der Waals surface area (Å²) in [5.74, 6) is -2.53. The van der Waals surface area contributed by atoms with Crippen molar-refractivity contribution < 1.29 is 43.3 Å². The third-order valence-electron chi connectivity index (χ3n) is 10.8. The van der Waals surface area contributed by atoms with E-state index in [9.17, 15) is 24.0 Å². The predicted octanol–water partition coefficient (Wildman–Crippen LogP) is 2.67. The van der Waals surface area contributed by atoms with Crippen LogP contribution < -0.4 is 21.7 Å². The summed E-state index contributed by atoms with van der Waals surface area (Å²) in [7, 11) is 0. The Morgan fingerprint density at radius 2 is 1.63 bits per heavy atom. The van der Waals surface area contributed by atoms with Crippen LogP contribution in [0.1, 0.15) is 75.3 Å². The lowest BCUT2D eigenvalue weighted by atomic mass is 9.70. The highest BCUT2D eigenvalue weighted by atomic mass is 16.6. The molecule has 1 aliphatic carbocycles. The van der Waals surface area contributed by atoms with E-state index < -0.39 is 66.5 Å². The molecule has 0 unspecified atom stereocenters. The van der Waals surface area contributed by atoms with Crippen molar-refractivity contribution in [2.45, 2.75) is 95.5 Å². The van der Waals surface area contributed by atoms with Gasteiger partial charge in [-0.25, -0.2) is 9.78 Å². The Morgan fingerprint density at radius 1 is 0.898 bits per heavy atom. The fraction of sp³-hybridized carbons (Fsp3) is 0.545. The summed E-state index contributed by atoms with van der Waals surface area (Å²) in [5, 5.41) is 18.7. The number of aromatic nitrogens is 1. The number of pyridine rings is 1. The van der Waals surface area contributed by atoms with Crippen molar-refractivity contribution in [1.29, 1.82) is 0 Å². The van der Waals surface area contributed by atoms with Gasteiger partial charge in [0.05, 0.1) is 50.4 Å². The number of nitrogens with two attached hydrogens (primary N) is 1. The van der Waals surface area contributed by atoms with E-state index in [0.29, 0.717) is 18.0 Å². The predicted molar refractivity (Wildman–Crippen MR) is 221 cm³/mol. The largest absolute Gasteiger partial charge is 0.457 e. The van der Waals surface area contributed by atoms with Crippen LogP contribution in [0.4, 0.5) is 0 Å². The maximum absolute atomic E-state index is 14.3. The van der Waals surface area contributed by atoms with Crippen molar-refractivity contribution in [1.82, 2.24) is 25.8 Å². The summed E-state index contributed by atoms with van der Waals surface area (Å²) in [5.41, 5.74) is 6.58. The second kappa shape index (κ2) is 21.9. The molecule has 5 rings (SSSR count). The molecule has 1 saturated heterocycles. The van der Waals surface area contributed by atoms with Crippen LogP contribution >= 0.6 is 0 Å². The zero-order valence-corrected chi connectivity index (χ0v) is 34.4. The van der Waals surface area contributed by atoms with Gasteiger partial charge >= 0.3 is 5.97 Å². The standard InChI is InChI=1S/C44H60N6O9/c1-44(2,3)49-43(56)40-32-15-9-7-13-30(32)19-20-50(40)27-37(59-39(53)28-58-24-23-57-22-21-51)35(25-29-11-5-4-6-12-29)47-42(55)36(26-38(45)52)48-41(54)34-18-17-31-14-8-10-16-33(31)46-34/h4-6,8,10-12,14,16-18,30,32,35-37,40,51H,7,9,13,15,19-28H2,1-3H3,(H2,45,52)(H,47,55)(H,48,54)(H,49,56)/t30-,32-,35+,36+,37-,40+/m1/s1. The first-order chi connectivity index (χ1) is 28.3. The van der Waals surface area contributed by atoms with Gasteiger partial charge in [0.1, 0.15) is 24.4 Å². The lowest BCUT2D eigenvalue weighted by molar-refractivity contribution is -0.160. The average molecular weight is 817 g/mol. The molecule has 2 aliphatic rings. The Labute approximate surface area is 346 Å². The topological polar surface area (TPSA) is 212 Å². The number of nitrogens with zero attached hydrogens (tertiary/aromatic N) is 2. The Balaban J connectivity index is 1.45. The van der Waals surface area contributed by atoms with Crippen molar-refractivity contribution in [3.05, 3.63) is 78.0 Å². The van der Waals surface area contributed by atoms with Gasteiger partial charge in [0.25, 0.3) is 5.91 Å². The molecule has 6 atom stereocenters. The maximum Gasteiger partial charge on any atom is 0.332 e. The molecule has 15 nitrogen and oxygen atoms in total. The third-order valence-corrected chi connectivity index (χ3v) is 10.8. The number of benzene rings is 2. The molecule has 2 fully saturated rings. The summed E-state index contributed by atoms with van der Waals surface area (Å²) in [4.78, 5) is 74.5. The van der Waals surface area contributed by atoms with Crippen LogP contribution in [0.2, 0.25) is 0 Å². The normalized spacial score (nSPS) is 19.8. The molecule has 3 aromatic rings. The number of aliphatic hydroxyl groups excluding tert-OH is 1. The zero-order chi connectivity index (χ0) is 42.4. The van der Waals surface area contributed by atoms with Crippen LogP contribution in [0.3, 0.4) is 0 Å². The minimum absolute atomic E-state index is 0.0473. The van der Waals surface area contributed by atoms with E-state index in [1.165, 1.54) is 6.07 Å². The Morgan fingerprint density at radius 3 is 2.37 bits per heavy atom. The molecule has 15 heteroatoms. The van der Waals surface area contributed by atoms with Gasteiger partial charge in [0, 0.05) is 17.5 Å². The zero-order valence-electron chi connectivity index (χ0n) is 34.4. The molecule has 320 valence electrons. The van der Waals surface area contributed by atoms with E-state index >= 15 is 0 Å². The molecule has 0 bridgehead atoms. The molecule has 0 spiro atoms. The molecule has 1 aliphatic heterocycles. The average Bonchev–Trinajstić information content (AvgIpc) is 3.20. The summed E-state index contributed by atoms with van der Waals surface area (Å²) < 4.78 is 17.0. The lowest BCUT2D eigenvalue weighted by Crippen LogP contribution is -2.63. The quantitative estimate of drug-likeness (QED) is 0.0827. The number of fused-ring (bicyclic) bond motifs is 2. The van der Waals surface area contributed by atoms with Gasteiger partial charge < -0.3 is 41.0 Å². The molecule has 1 saturated carbocycles. The first-order valence-corrected chi connectivity index (χ1v) is 20.6. The van der Waals surface area contributed by atoms with E-state index in [1.807, 2.05) is 63.2 Å². The highest BCUT2D eigenvalue weighted by Gasteiger charge is 2.45. The molecule has 6 N–H and O–H groups in total. The Bertz CT molecular complexity index is 1870. The first kappa shape index (κ1) is 45.1. The molecular formula is C44H60N6O9. The van der Waals surface area contributed by atoms with Crippen molar-refractivity contribution in [2.75, 3.05) is 46.1 Å². The molecule has 4 amide bonds. The van der Waals surface area contributed by atoms with E-state index in [-0.39, 0.29) is 56.9 Å². The number of carbonyl (C=O) groups is 5. The second-order valence-corrected chi connectivity index (χ2v) is 16.5. The van der Waals surface area contributed by atoms with Crippen LogP contribution in [0.15, 0.2) is 66.7 Å². The number of primary amides is 1. The van der Waals surface area contributed by atoms with Gasteiger partial charge in [-0.05, 0) is 76.1 Å². The number of piperidine rings is 1. The van der Waals surface area contributed by atoms with Crippen LogP contribution in [0, 0.1) is 11.8 Å². The maximum atomic E-state index is 14.3.